The molecule has 1 fully saturated rings. The van der Waals surface area contributed by atoms with Crippen molar-refractivity contribution in [1.29, 1.82) is 0 Å². The van der Waals surface area contributed by atoms with Crippen LogP contribution in [0.5, 0.6) is 5.75 Å². The van der Waals surface area contributed by atoms with Crippen molar-refractivity contribution in [3.63, 3.8) is 0 Å². The van der Waals surface area contributed by atoms with Gasteiger partial charge >= 0.3 is 0 Å². The van der Waals surface area contributed by atoms with Crippen LogP contribution < -0.4 is 14.4 Å². The molecule has 1 heterocycles. The normalized spacial score (nSPS) is 22.4. The second kappa shape index (κ2) is 15.1. The van der Waals surface area contributed by atoms with Gasteiger partial charge in [-0.1, -0.05) is 50.8 Å². The number of hydrogen-bond acceptors (Lipinski definition) is 5. The van der Waals surface area contributed by atoms with Gasteiger partial charge in [0.2, 0.25) is 0 Å². The third kappa shape index (κ3) is 7.89. The lowest BCUT2D eigenvalue weighted by molar-refractivity contribution is 0.0122. The number of amides is 1. The molecule has 0 bridgehead atoms. The Kier molecular flexibility index (Phi) is 11.8. The lowest BCUT2D eigenvalue weighted by Gasteiger charge is -2.46. The first kappa shape index (κ1) is 32.8. The molecular formula is C34H49ClN2O4S. The van der Waals surface area contributed by atoms with Crippen LogP contribution in [-0.2, 0) is 17.4 Å². The van der Waals surface area contributed by atoms with E-state index in [1.165, 1.54) is 11.1 Å². The minimum atomic E-state index is -1.45. The second-order valence-electron chi connectivity index (χ2n) is 12.5. The number of benzene rings is 2. The summed E-state index contributed by atoms with van der Waals surface area (Å²) in [6.07, 6.45) is 7.26. The summed E-state index contributed by atoms with van der Waals surface area (Å²) in [7, 11) is -1.45. The summed E-state index contributed by atoms with van der Waals surface area (Å²) in [5, 5.41) is 11.3. The highest BCUT2D eigenvalue weighted by Gasteiger charge is 2.40. The fourth-order valence-corrected chi connectivity index (χ4v) is 7.37. The van der Waals surface area contributed by atoms with E-state index in [-0.39, 0.29) is 23.2 Å². The third-order valence-electron chi connectivity index (χ3n) is 9.12. The molecule has 0 spiro atoms. The minimum Gasteiger partial charge on any atom is -0.491 e. The van der Waals surface area contributed by atoms with Crippen LogP contribution in [0.15, 0.2) is 36.4 Å². The van der Waals surface area contributed by atoms with Crippen LogP contribution >= 0.6 is 11.6 Å². The van der Waals surface area contributed by atoms with E-state index in [9.17, 15) is 14.1 Å². The summed E-state index contributed by atoms with van der Waals surface area (Å²) in [5.74, 6) is 1.79. The zero-order chi connectivity index (χ0) is 30.4. The van der Waals surface area contributed by atoms with Crippen molar-refractivity contribution in [3.05, 3.63) is 58.1 Å². The predicted octanol–water partition coefficient (Wildman–Crippen LogP) is 7.29. The number of ether oxygens (including phenoxy) is 1. The molecule has 1 aliphatic heterocycles. The maximum Gasteiger partial charge on any atom is 0.263 e. The number of fused-ring (bicyclic) bond motifs is 1. The number of nitrogens with one attached hydrogen (secondary N) is 1. The number of aliphatic hydroxyl groups excluding tert-OH is 1. The van der Waals surface area contributed by atoms with Gasteiger partial charge < -0.3 is 14.7 Å². The van der Waals surface area contributed by atoms with Gasteiger partial charge in [-0.3, -0.25) is 9.52 Å². The van der Waals surface area contributed by atoms with Crippen LogP contribution in [0.4, 0.5) is 5.69 Å². The van der Waals surface area contributed by atoms with Crippen LogP contribution in [0.1, 0.15) is 101 Å². The largest absolute Gasteiger partial charge is 0.491 e. The van der Waals surface area contributed by atoms with E-state index in [4.69, 9.17) is 16.3 Å². The Morgan fingerprint density at radius 3 is 2.57 bits per heavy atom. The molecule has 0 radical (unpaired) electrons. The van der Waals surface area contributed by atoms with E-state index in [0.717, 1.165) is 74.5 Å². The molecular weight excluding hydrogens is 568 g/mol. The first-order valence-corrected chi connectivity index (χ1v) is 17.4. The molecule has 2 aromatic rings. The van der Waals surface area contributed by atoms with E-state index >= 15 is 0 Å². The molecule has 2 N–H and O–H groups in total. The van der Waals surface area contributed by atoms with Crippen molar-refractivity contribution in [1.82, 2.24) is 4.72 Å². The third-order valence-corrected chi connectivity index (χ3v) is 10.6. The van der Waals surface area contributed by atoms with Gasteiger partial charge in [-0.05, 0) is 106 Å². The van der Waals surface area contributed by atoms with Gasteiger partial charge in [0.15, 0.2) is 0 Å². The monoisotopic (exact) mass is 616 g/mol. The number of halogens is 1. The number of nitrogens with zero attached hydrogens (tertiary/aromatic N) is 1. The van der Waals surface area contributed by atoms with Crippen molar-refractivity contribution in [2.75, 3.05) is 24.6 Å². The Morgan fingerprint density at radius 2 is 1.93 bits per heavy atom. The number of rotatable bonds is 13. The average Bonchev–Trinajstić information content (AvgIpc) is 3.12. The molecule has 4 rings (SSSR count). The highest BCUT2D eigenvalue weighted by atomic mass is 35.5. The van der Waals surface area contributed by atoms with Gasteiger partial charge in [-0.25, -0.2) is 4.21 Å². The lowest BCUT2D eigenvalue weighted by atomic mass is 9.64. The smallest absolute Gasteiger partial charge is 0.263 e. The Hall–Kier alpha value is -2.09. The summed E-state index contributed by atoms with van der Waals surface area (Å²) >= 11 is 6.41. The van der Waals surface area contributed by atoms with Gasteiger partial charge in [-0.2, -0.15) is 0 Å². The number of unbranched alkanes of at least 4 members (excludes halogenated alkanes) is 1. The average molecular weight is 617 g/mol. The van der Waals surface area contributed by atoms with Crippen LogP contribution in [0.25, 0.3) is 0 Å². The highest BCUT2D eigenvalue weighted by molar-refractivity contribution is 7.84. The Bertz CT molecular complexity index is 1240. The van der Waals surface area contributed by atoms with E-state index in [2.05, 4.69) is 35.6 Å². The maximum absolute atomic E-state index is 13.1. The van der Waals surface area contributed by atoms with Crippen molar-refractivity contribution in [2.45, 2.75) is 96.8 Å². The van der Waals surface area contributed by atoms with E-state index in [1.54, 1.807) is 6.07 Å². The Morgan fingerprint density at radius 1 is 1.14 bits per heavy atom. The van der Waals surface area contributed by atoms with Gasteiger partial charge in [0, 0.05) is 34.8 Å². The molecule has 2 aliphatic rings. The van der Waals surface area contributed by atoms with Gasteiger partial charge in [0.1, 0.15) is 16.7 Å². The fourth-order valence-electron chi connectivity index (χ4n) is 6.64. The summed E-state index contributed by atoms with van der Waals surface area (Å²) in [5.41, 5.74) is 3.90. The molecule has 8 heteroatoms. The van der Waals surface area contributed by atoms with Crippen LogP contribution in [0.2, 0.25) is 5.02 Å². The molecule has 1 saturated carbocycles. The van der Waals surface area contributed by atoms with Crippen LogP contribution in [-0.4, -0.2) is 46.3 Å². The standard InChI is InChI=1S/C34H49ClN2O4S/c1-6-8-10-29(23(5)38)31-14-11-26(31)19-37-20-27(30-15-13-28(35)17-24(30)9-7-2)21-41-33-16-12-25(18-32(33)37)34(39)36-42(40)22(3)4/h12-13,15-18,22-23,26-27,29,31,38H,6-11,14,19-21H2,1-5H3,(H,36,39). The van der Waals surface area contributed by atoms with Crippen LogP contribution in [0.3, 0.4) is 0 Å². The summed E-state index contributed by atoms with van der Waals surface area (Å²) in [4.78, 5) is 15.5. The molecule has 1 aliphatic carbocycles. The zero-order valence-corrected chi connectivity index (χ0v) is 27.5. The molecule has 1 amide bonds. The maximum atomic E-state index is 13.1. The minimum absolute atomic E-state index is 0.133. The fraction of sp³-hybridized carbons (Fsp3) is 0.618. The Balaban J connectivity index is 1.67. The SMILES string of the molecule is CCCCC(C(C)O)C1CCC1CN1CC(c2ccc(Cl)cc2CCC)COc2ccc(C(=O)NS(=O)C(C)C)cc21. The molecule has 232 valence electrons. The van der Waals surface area contributed by atoms with Crippen molar-refractivity contribution in [2.24, 2.45) is 17.8 Å². The first-order chi connectivity index (χ1) is 20.1. The van der Waals surface area contributed by atoms with Crippen molar-refractivity contribution >= 4 is 34.2 Å². The van der Waals surface area contributed by atoms with Gasteiger partial charge in [0.25, 0.3) is 5.91 Å². The highest BCUT2D eigenvalue weighted by Crippen LogP contribution is 2.45. The number of hydrogen-bond donors (Lipinski definition) is 2. The van der Waals surface area contributed by atoms with Gasteiger partial charge in [0.05, 0.1) is 18.4 Å². The molecule has 0 saturated heterocycles. The summed E-state index contributed by atoms with van der Waals surface area (Å²) < 4.78 is 21.5. The first-order valence-electron chi connectivity index (χ1n) is 15.8. The number of carbonyl (C=O) groups is 1. The summed E-state index contributed by atoms with van der Waals surface area (Å²) in [6.45, 7) is 12.1. The predicted molar refractivity (Wildman–Crippen MR) is 174 cm³/mol. The topological polar surface area (TPSA) is 78.9 Å². The van der Waals surface area contributed by atoms with E-state index < -0.39 is 11.0 Å². The second-order valence-corrected chi connectivity index (χ2v) is 14.7. The number of aryl methyl sites for hydroxylation is 1. The van der Waals surface area contributed by atoms with E-state index in [0.29, 0.717) is 29.9 Å². The lowest BCUT2D eigenvalue weighted by Crippen LogP contribution is -2.44. The molecule has 6 atom stereocenters. The molecule has 42 heavy (non-hydrogen) atoms. The van der Waals surface area contributed by atoms with Crippen molar-refractivity contribution in [3.8, 4) is 5.75 Å². The number of aliphatic hydroxyl groups is 1. The molecule has 6 nitrogen and oxygen atoms in total. The zero-order valence-electron chi connectivity index (χ0n) is 25.9. The van der Waals surface area contributed by atoms with Crippen LogP contribution in [0, 0.1) is 17.8 Å². The number of carbonyl (C=O) groups excluding carboxylic acids is 1. The molecule has 0 aromatic heterocycles. The summed E-state index contributed by atoms with van der Waals surface area (Å²) in [6, 6.07) is 11.7. The Labute approximate surface area is 260 Å². The quantitative estimate of drug-likeness (QED) is 0.247. The van der Waals surface area contributed by atoms with Gasteiger partial charge in [-0.15, -0.1) is 0 Å². The molecule has 2 aromatic carbocycles. The number of anilines is 1. The molecule has 6 unspecified atom stereocenters. The van der Waals surface area contributed by atoms with E-state index in [1.807, 2.05) is 39.0 Å². The van der Waals surface area contributed by atoms with Crippen molar-refractivity contribution < 1.29 is 18.8 Å².